The highest BCUT2D eigenvalue weighted by Gasteiger charge is 2.25. The molecular weight excluding hydrogens is 368 g/mol. The van der Waals surface area contributed by atoms with E-state index in [0.29, 0.717) is 29.4 Å². The van der Waals surface area contributed by atoms with Crippen LogP contribution in [0.1, 0.15) is 34.8 Å². The van der Waals surface area contributed by atoms with Crippen molar-refractivity contribution in [1.29, 1.82) is 0 Å². The minimum Gasteiger partial charge on any atom is -0.493 e. The Bertz CT molecular complexity index is 835. The monoisotopic (exact) mass is 398 g/mol. The summed E-state index contributed by atoms with van der Waals surface area (Å²) < 4.78 is 10.9. The second kappa shape index (κ2) is 9.60. The molecule has 7 heteroatoms. The van der Waals surface area contributed by atoms with Gasteiger partial charge in [-0.05, 0) is 55.8 Å². The number of amides is 1. The van der Waals surface area contributed by atoms with Crippen LogP contribution >= 0.6 is 0 Å². The number of methoxy groups -OCH3 is 2. The minimum atomic E-state index is -0.119. The molecule has 0 spiro atoms. The second-order valence-electron chi connectivity index (χ2n) is 7.35. The largest absolute Gasteiger partial charge is 0.493 e. The normalized spacial score (nSPS) is 15.0. The molecule has 3 rings (SSSR count). The fourth-order valence-electron chi connectivity index (χ4n) is 3.79. The SMILES string of the molecule is COc1ccc(C(CNC(=O)c2cccnc2N(C)C)N2CCCC2)cc1OC. The van der Waals surface area contributed by atoms with Crippen LogP contribution < -0.4 is 19.7 Å². The number of hydrogen-bond acceptors (Lipinski definition) is 6. The zero-order chi connectivity index (χ0) is 20.8. The minimum absolute atomic E-state index is 0.0701. The Morgan fingerprint density at radius 2 is 1.90 bits per heavy atom. The molecule has 0 radical (unpaired) electrons. The van der Waals surface area contributed by atoms with Crippen molar-refractivity contribution in [3.8, 4) is 11.5 Å². The average molecular weight is 399 g/mol. The maximum atomic E-state index is 12.9. The fourth-order valence-corrected chi connectivity index (χ4v) is 3.79. The molecule has 1 N–H and O–H groups in total. The van der Waals surface area contributed by atoms with Gasteiger partial charge in [0, 0.05) is 26.8 Å². The lowest BCUT2D eigenvalue weighted by Gasteiger charge is -2.29. The molecule has 0 bridgehead atoms. The van der Waals surface area contributed by atoms with E-state index >= 15 is 0 Å². The topological polar surface area (TPSA) is 66.9 Å². The highest BCUT2D eigenvalue weighted by Crippen LogP contribution is 2.33. The number of hydrogen-bond donors (Lipinski definition) is 1. The first-order chi connectivity index (χ1) is 14.0. The van der Waals surface area contributed by atoms with E-state index in [0.717, 1.165) is 18.7 Å². The Morgan fingerprint density at radius 3 is 2.55 bits per heavy atom. The van der Waals surface area contributed by atoms with Gasteiger partial charge in [0.05, 0.1) is 25.8 Å². The highest BCUT2D eigenvalue weighted by atomic mass is 16.5. The van der Waals surface area contributed by atoms with Crippen LogP contribution in [-0.2, 0) is 0 Å². The number of anilines is 1. The molecule has 1 aromatic carbocycles. The van der Waals surface area contributed by atoms with Gasteiger partial charge in [-0.1, -0.05) is 6.07 Å². The summed E-state index contributed by atoms with van der Waals surface area (Å²) in [5.74, 6) is 1.94. The zero-order valence-electron chi connectivity index (χ0n) is 17.6. The number of pyridine rings is 1. The zero-order valence-corrected chi connectivity index (χ0v) is 17.6. The molecule has 1 aliphatic rings. The lowest BCUT2D eigenvalue weighted by Crippen LogP contribution is -2.37. The molecule has 1 unspecified atom stereocenters. The van der Waals surface area contributed by atoms with Crippen LogP contribution in [0.25, 0.3) is 0 Å². The number of carbonyl (C=O) groups is 1. The molecule has 1 amide bonds. The Kier molecular flexibility index (Phi) is 6.93. The Hall–Kier alpha value is -2.80. The van der Waals surface area contributed by atoms with Crippen molar-refractivity contribution < 1.29 is 14.3 Å². The number of nitrogens with one attached hydrogen (secondary N) is 1. The number of rotatable bonds is 8. The number of carbonyl (C=O) groups excluding carboxylic acids is 1. The van der Waals surface area contributed by atoms with Crippen molar-refractivity contribution in [2.75, 3.05) is 52.8 Å². The molecular formula is C22H30N4O3. The predicted molar refractivity (Wildman–Crippen MR) is 114 cm³/mol. The molecule has 2 aromatic rings. The number of ether oxygens (including phenoxy) is 2. The maximum absolute atomic E-state index is 12.9. The van der Waals surface area contributed by atoms with E-state index in [1.807, 2.05) is 37.2 Å². The predicted octanol–water partition coefficient (Wildman–Crippen LogP) is 2.73. The summed E-state index contributed by atoms with van der Waals surface area (Å²) >= 11 is 0. The summed E-state index contributed by atoms with van der Waals surface area (Å²) in [4.78, 5) is 21.5. The van der Waals surface area contributed by atoms with Crippen molar-refractivity contribution in [3.05, 3.63) is 47.7 Å². The first-order valence-electron chi connectivity index (χ1n) is 9.91. The van der Waals surface area contributed by atoms with E-state index in [1.54, 1.807) is 32.5 Å². The van der Waals surface area contributed by atoms with E-state index in [4.69, 9.17) is 9.47 Å². The van der Waals surface area contributed by atoms with E-state index in [-0.39, 0.29) is 11.9 Å². The summed E-state index contributed by atoms with van der Waals surface area (Å²) in [6.45, 7) is 2.55. The van der Waals surface area contributed by atoms with Gasteiger partial charge in [0.15, 0.2) is 11.5 Å². The molecule has 1 fully saturated rings. The van der Waals surface area contributed by atoms with E-state index in [1.165, 1.54) is 12.8 Å². The lowest BCUT2D eigenvalue weighted by atomic mass is 10.0. The first-order valence-corrected chi connectivity index (χ1v) is 9.91. The summed E-state index contributed by atoms with van der Waals surface area (Å²) in [5, 5.41) is 3.12. The third-order valence-electron chi connectivity index (χ3n) is 5.28. The maximum Gasteiger partial charge on any atom is 0.255 e. The number of aromatic nitrogens is 1. The Morgan fingerprint density at radius 1 is 1.17 bits per heavy atom. The van der Waals surface area contributed by atoms with Crippen molar-refractivity contribution in [2.24, 2.45) is 0 Å². The van der Waals surface area contributed by atoms with Gasteiger partial charge in [-0.2, -0.15) is 0 Å². The van der Waals surface area contributed by atoms with Crippen LogP contribution in [0.2, 0.25) is 0 Å². The fraction of sp³-hybridized carbons (Fsp3) is 0.455. The summed E-state index contributed by atoms with van der Waals surface area (Å²) in [6.07, 6.45) is 4.04. The van der Waals surface area contributed by atoms with Gasteiger partial charge in [0.25, 0.3) is 5.91 Å². The number of likely N-dealkylation sites (tertiary alicyclic amines) is 1. The second-order valence-corrected chi connectivity index (χ2v) is 7.35. The number of benzene rings is 1. The van der Waals surface area contributed by atoms with Gasteiger partial charge in [0.1, 0.15) is 5.82 Å². The molecule has 1 saturated heterocycles. The molecule has 0 saturated carbocycles. The Balaban J connectivity index is 1.81. The van der Waals surface area contributed by atoms with Crippen molar-refractivity contribution in [2.45, 2.75) is 18.9 Å². The van der Waals surface area contributed by atoms with E-state index in [9.17, 15) is 4.79 Å². The van der Waals surface area contributed by atoms with Gasteiger partial charge >= 0.3 is 0 Å². The summed E-state index contributed by atoms with van der Waals surface area (Å²) in [6, 6.07) is 9.63. The van der Waals surface area contributed by atoms with Crippen molar-refractivity contribution >= 4 is 11.7 Å². The lowest BCUT2D eigenvalue weighted by molar-refractivity contribution is 0.0938. The molecule has 1 aromatic heterocycles. The molecule has 0 aliphatic carbocycles. The third kappa shape index (κ3) is 4.79. The average Bonchev–Trinajstić information content (AvgIpc) is 3.28. The van der Waals surface area contributed by atoms with Crippen LogP contribution in [0, 0.1) is 0 Å². The highest BCUT2D eigenvalue weighted by molar-refractivity contribution is 5.98. The van der Waals surface area contributed by atoms with Crippen LogP contribution in [0.4, 0.5) is 5.82 Å². The van der Waals surface area contributed by atoms with Gasteiger partial charge in [0.2, 0.25) is 0 Å². The van der Waals surface area contributed by atoms with Gasteiger partial charge in [-0.25, -0.2) is 4.98 Å². The summed E-state index contributed by atoms with van der Waals surface area (Å²) in [7, 11) is 7.04. The molecule has 1 atom stereocenters. The smallest absolute Gasteiger partial charge is 0.255 e. The first kappa shape index (κ1) is 20.9. The van der Waals surface area contributed by atoms with Crippen molar-refractivity contribution in [3.63, 3.8) is 0 Å². The van der Waals surface area contributed by atoms with Crippen LogP contribution in [0.15, 0.2) is 36.5 Å². The molecule has 7 nitrogen and oxygen atoms in total. The van der Waals surface area contributed by atoms with E-state index < -0.39 is 0 Å². The quantitative estimate of drug-likeness (QED) is 0.738. The Labute approximate surface area is 172 Å². The van der Waals surface area contributed by atoms with Gasteiger partial charge < -0.3 is 19.7 Å². The molecule has 29 heavy (non-hydrogen) atoms. The van der Waals surface area contributed by atoms with Crippen LogP contribution in [0.3, 0.4) is 0 Å². The van der Waals surface area contributed by atoms with Gasteiger partial charge in [-0.3, -0.25) is 9.69 Å². The van der Waals surface area contributed by atoms with Gasteiger partial charge in [-0.15, -0.1) is 0 Å². The standard InChI is InChI=1S/C22H30N4O3/c1-25(2)21-17(8-7-11-23-21)22(27)24-15-18(26-12-5-6-13-26)16-9-10-19(28-3)20(14-16)29-4/h7-11,14,18H,5-6,12-13,15H2,1-4H3,(H,24,27). The van der Waals surface area contributed by atoms with Crippen LogP contribution in [0.5, 0.6) is 11.5 Å². The van der Waals surface area contributed by atoms with Crippen LogP contribution in [-0.4, -0.2) is 63.7 Å². The molecule has 1 aliphatic heterocycles. The summed E-state index contributed by atoms with van der Waals surface area (Å²) in [5.41, 5.74) is 1.67. The number of nitrogens with zero attached hydrogens (tertiary/aromatic N) is 3. The molecule has 156 valence electrons. The molecule has 2 heterocycles. The van der Waals surface area contributed by atoms with Crippen molar-refractivity contribution in [1.82, 2.24) is 15.2 Å². The van der Waals surface area contributed by atoms with E-state index in [2.05, 4.69) is 15.2 Å². The third-order valence-corrected chi connectivity index (χ3v) is 5.28.